The summed E-state index contributed by atoms with van der Waals surface area (Å²) in [5, 5.41) is 6.51. The van der Waals surface area contributed by atoms with Gasteiger partial charge in [0.1, 0.15) is 0 Å². The van der Waals surface area contributed by atoms with Crippen molar-refractivity contribution in [3.05, 3.63) is 193 Å². The van der Waals surface area contributed by atoms with Gasteiger partial charge < -0.3 is 18.6 Å². The zero-order valence-corrected chi connectivity index (χ0v) is 33.0. The minimum absolute atomic E-state index is 0.168. The highest BCUT2D eigenvalue weighted by atomic mass is 15.2. The number of hydrogen-bond donors (Lipinski definition) is 0. The van der Waals surface area contributed by atoms with Crippen LogP contribution in [0.4, 0.5) is 11.4 Å². The molecule has 3 aliphatic carbocycles. The molecular formula is C55H42N4. The molecule has 4 nitrogen and oxygen atoms in total. The first kappa shape index (κ1) is 33.0. The van der Waals surface area contributed by atoms with Crippen molar-refractivity contribution in [3.8, 4) is 5.69 Å². The van der Waals surface area contributed by atoms with Crippen LogP contribution in [-0.2, 0) is 6.42 Å². The Bertz CT molecular complexity index is 3400. The Kier molecular flexibility index (Phi) is 6.84. The molecule has 282 valence electrons. The maximum Gasteiger partial charge on any atom is 0.0785 e. The summed E-state index contributed by atoms with van der Waals surface area (Å²) in [4.78, 5) is 2.63. The highest BCUT2D eigenvalue weighted by Crippen LogP contribution is 2.57. The van der Waals surface area contributed by atoms with E-state index in [0.29, 0.717) is 0 Å². The Morgan fingerprint density at radius 3 is 2.03 bits per heavy atom. The first-order valence-corrected chi connectivity index (χ1v) is 21.2. The van der Waals surface area contributed by atoms with E-state index < -0.39 is 0 Å². The SMILES string of the molecule is CC12CC=CC=C1c1ccc3c4ccccc4n(C4=CCC(n5c6c(c7ccc8c9ccccc9n(-c9ccccc9)c8c75)C=CCC6)C=C4)c3c1N2c1ccccc1. The molecular weight excluding hydrogens is 717 g/mol. The molecule has 4 heteroatoms. The first-order chi connectivity index (χ1) is 29.2. The van der Waals surface area contributed by atoms with Crippen molar-refractivity contribution in [2.45, 2.75) is 44.2 Å². The summed E-state index contributed by atoms with van der Waals surface area (Å²) in [5.41, 5.74) is 16.7. The molecule has 0 N–H and O–H groups in total. The fourth-order valence-corrected chi connectivity index (χ4v) is 11.3. The smallest absolute Gasteiger partial charge is 0.0785 e. The fourth-order valence-electron chi connectivity index (χ4n) is 11.3. The van der Waals surface area contributed by atoms with E-state index in [-0.39, 0.29) is 11.6 Å². The third kappa shape index (κ3) is 4.44. The number of allylic oxidation sites excluding steroid dienone is 7. The third-order valence-corrected chi connectivity index (χ3v) is 13.8. The lowest BCUT2D eigenvalue weighted by atomic mass is 9.83. The quantitative estimate of drug-likeness (QED) is 0.175. The Morgan fingerprint density at radius 1 is 0.593 bits per heavy atom. The molecule has 6 aromatic carbocycles. The van der Waals surface area contributed by atoms with Gasteiger partial charge in [0.15, 0.2) is 0 Å². The van der Waals surface area contributed by atoms with Crippen LogP contribution < -0.4 is 4.90 Å². The third-order valence-electron chi connectivity index (χ3n) is 13.8. The number of anilines is 2. The lowest BCUT2D eigenvalue weighted by molar-refractivity contribution is 0.599. The van der Waals surface area contributed by atoms with E-state index in [2.05, 4.69) is 208 Å². The van der Waals surface area contributed by atoms with Crippen LogP contribution in [-0.4, -0.2) is 19.2 Å². The Hall–Kier alpha value is -7.04. The number of benzene rings is 6. The Labute approximate surface area is 343 Å². The standard InChI is InChI=1S/C55H42N4/c1-55-35-15-14-23-47(55)46-34-33-45-42-22-10-13-26-50(42)58(53(45)54(46)59(55)39-18-6-3-7-19-39)38-29-27-37(28-30-38)57-49-25-12-9-21-41(49)44-32-31-43-40-20-8-11-24-48(40)56(51(43)52(44)57)36-16-4-2-5-17-36/h2-11,13-24,26-27,29-34,37H,12,25,28,35H2,1H3. The molecule has 2 atom stereocenters. The monoisotopic (exact) mass is 758 g/mol. The van der Waals surface area contributed by atoms with Crippen LogP contribution in [0.25, 0.3) is 77.5 Å². The van der Waals surface area contributed by atoms with Gasteiger partial charge in [-0.1, -0.05) is 140 Å². The zero-order valence-electron chi connectivity index (χ0n) is 33.0. The van der Waals surface area contributed by atoms with Crippen molar-refractivity contribution in [1.29, 1.82) is 0 Å². The normalized spacial score (nSPS) is 19.5. The van der Waals surface area contributed by atoms with Crippen LogP contribution in [0.1, 0.15) is 49.0 Å². The molecule has 0 fully saturated rings. The Balaban J connectivity index is 1.03. The molecule has 9 aromatic rings. The summed E-state index contributed by atoms with van der Waals surface area (Å²) in [6.45, 7) is 2.42. The molecule has 0 saturated carbocycles. The summed E-state index contributed by atoms with van der Waals surface area (Å²) in [7, 11) is 0. The molecule has 0 radical (unpaired) electrons. The van der Waals surface area contributed by atoms with Crippen LogP contribution in [0.2, 0.25) is 0 Å². The van der Waals surface area contributed by atoms with Crippen molar-refractivity contribution in [2.24, 2.45) is 0 Å². The molecule has 4 heterocycles. The molecule has 0 bridgehead atoms. The van der Waals surface area contributed by atoms with Crippen LogP contribution in [0.5, 0.6) is 0 Å². The minimum Gasteiger partial charge on any atom is -0.335 e. The van der Waals surface area contributed by atoms with E-state index in [9.17, 15) is 0 Å². The van der Waals surface area contributed by atoms with E-state index in [4.69, 9.17) is 0 Å². The second-order valence-electron chi connectivity index (χ2n) is 16.9. The number of fused-ring (bicyclic) bond motifs is 14. The maximum atomic E-state index is 2.71. The molecule has 0 saturated heterocycles. The molecule has 2 unspecified atom stereocenters. The van der Waals surface area contributed by atoms with Crippen molar-refractivity contribution < 1.29 is 0 Å². The predicted octanol–water partition coefficient (Wildman–Crippen LogP) is 14.1. The van der Waals surface area contributed by atoms with Gasteiger partial charge in [-0.3, -0.25) is 0 Å². The summed E-state index contributed by atoms with van der Waals surface area (Å²) in [6.07, 6.45) is 23.0. The van der Waals surface area contributed by atoms with Gasteiger partial charge in [0.2, 0.25) is 0 Å². The second-order valence-corrected chi connectivity index (χ2v) is 16.9. The van der Waals surface area contributed by atoms with Crippen molar-refractivity contribution in [3.63, 3.8) is 0 Å². The average Bonchev–Trinajstić information content (AvgIpc) is 4.00. The molecule has 13 rings (SSSR count). The lowest BCUT2D eigenvalue weighted by Crippen LogP contribution is -2.40. The van der Waals surface area contributed by atoms with Crippen LogP contribution in [0, 0.1) is 0 Å². The van der Waals surface area contributed by atoms with Crippen LogP contribution in [0.3, 0.4) is 0 Å². The lowest BCUT2D eigenvalue weighted by Gasteiger charge is -2.39. The van der Waals surface area contributed by atoms with Gasteiger partial charge in [0.25, 0.3) is 0 Å². The summed E-state index contributed by atoms with van der Waals surface area (Å²) in [5.74, 6) is 0. The Morgan fingerprint density at radius 2 is 1.27 bits per heavy atom. The van der Waals surface area contributed by atoms with Gasteiger partial charge in [0, 0.05) is 60.8 Å². The van der Waals surface area contributed by atoms with Gasteiger partial charge in [-0.05, 0) is 80.7 Å². The summed E-state index contributed by atoms with van der Waals surface area (Å²) >= 11 is 0. The van der Waals surface area contributed by atoms with Crippen molar-refractivity contribution >= 4 is 83.2 Å². The number of hydrogen-bond acceptors (Lipinski definition) is 1. The summed E-state index contributed by atoms with van der Waals surface area (Å²) in [6, 6.07) is 49.5. The van der Waals surface area contributed by atoms with Crippen molar-refractivity contribution in [2.75, 3.05) is 4.90 Å². The van der Waals surface area contributed by atoms with Gasteiger partial charge >= 0.3 is 0 Å². The van der Waals surface area contributed by atoms with Gasteiger partial charge in [0.05, 0.1) is 44.9 Å². The minimum atomic E-state index is -0.188. The fraction of sp³-hybridized carbons (Fsp3) is 0.127. The molecule has 1 aliphatic heterocycles. The van der Waals surface area contributed by atoms with E-state index >= 15 is 0 Å². The average molecular weight is 759 g/mol. The van der Waals surface area contributed by atoms with Gasteiger partial charge in [-0.2, -0.15) is 0 Å². The van der Waals surface area contributed by atoms with E-state index in [1.54, 1.807) is 0 Å². The van der Waals surface area contributed by atoms with E-state index in [1.807, 2.05) is 0 Å². The van der Waals surface area contributed by atoms with Gasteiger partial charge in [-0.15, -0.1) is 0 Å². The highest BCUT2D eigenvalue weighted by molar-refractivity contribution is 6.20. The maximum absolute atomic E-state index is 2.71. The molecule has 4 aliphatic rings. The highest BCUT2D eigenvalue weighted by Gasteiger charge is 2.46. The summed E-state index contributed by atoms with van der Waals surface area (Å²) < 4.78 is 7.79. The second kappa shape index (κ2) is 12.2. The number of rotatable bonds is 4. The zero-order chi connectivity index (χ0) is 38.8. The van der Waals surface area contributed by atoms with Crippen molar-refractivity contribution in [1.82, 2.24) is 13.7 Å². The van der Waals surface area contributed by atoms with Crippen LogP contribution >= 0.6 is 0 Å². The molecule has 0 spiro atoms. The molecule has 59 heavy (non-hydrogen) atoms. The number of nitrogens with zero attached hydrogens (tertiary/aromatic N) is 4. The predicted molar refractivity (Wildman–Crippen MR) is 249 cm³/mol. The largest absolute Gasteiger partial charge is 0.335 e. The van der Waals surface area contributed by atoms with Crippen LogP contribution in [0.15, 0.2) is 176 Å². The molecule has 0 amide bonds. The molecule has 3 aromatic heterocycles. The number of aromatic nitrogens is 3. The van der Waals surface area contributed by atoms with E-state index in [1.165, 1.54) is 99.7 Å². The first-order valence-electron chi connectivity index (χ1n) is 21.2. The van der Waals surface area contributed by atoms with Gasteiger partial charge in [-0.25, -0.2) is 0 Å². The van der Waals surface area contributed by atoms with E-state index in [0.717, 1.165) is 25.7 Å². The number of para-hydroxylation sites is 4. The topological polar surface area (TPSA) is 18.0 Å².